The van der Waals surface area contributed by atoms with Gasteiger partial charge in [-0.15, -0.1) is 4.80 Å². The van der Waals surface area contributed by atoms with Crippen LogP contribution < -0.4 is 9.62 Å². The summed E-state index contributed by atoms with van der Waals surface area (Å²) in [7, 11) is -3.36. The zero-order valence-corrected chi connectivity index (χ0v) is 18.5. The maximum absolute atomic E-state index is 12.1. The lowest BCUT2D eigenvalue weighted by Crippen LogP contribution is -2.46. The molecule has 0 bridgehead atoms. The van der Waals surface area contributed by atoms with Crippen LogP contribution in [0.1, 0.15) is 19.5 Å². The Morgan fingerprint density at radius 1 is 1.06 bits per heavy atom. The van der Waals surface area contributed by atoms with Gasteiger partial charge in [0.25, 0.3) is 0 Å². The molecule has 1 aliphatic heterocycles. The van der Waals surface area contributed by atoms with E-state index >= 15 is 0 Å². The lowest BCUT2D eigenvalue weighted by atomic mass is 10.2. The molecule has 3 heterocycles. The largest absolute Gasteiger partial charge is 0.369 e. The Morgan fingerprint density at radius 3 is 2.58 bits per heavy atom. The van der Waals surface area contributed by atoms with Gasteiger partial charge in [0.05, 0.1) is 22.8 Å². The highest BCUT2D eigenvalue weighted by Crippen LogP contribution is 2.22. The molecule has 164 valence electrons. The molecule has 0 unspecified atom stereocenters. The maximum atomic E-state index is 12.1. The highest BCUT2D eigenvalue weighted by Gasteiger charge is 2.20. The molecule has 0 atom stereocenters. The van der Waals surface area contributed by atoms with E-state index in [0.29, 0.717) is 11.5 Å². The van der Waals surface area contributed by atoms with E-state index < -0.39 is 15.3 Å². The van der Waals surface area contributed by atoms with E-state index in [1.165, 1.54) is 0 Å². The summed E-state index contributed by atoms with van der Waals surface area (Å²) in [6.45, 7) is 7.55. The van der Waals surface area contributed by atoms with Gasteiger partial charge in [-0.05, 0) is 44.2 Å². The fourth-order valence-electron chi connectivity index (χ4n) is 3.39. The van der Waals surface area contributed by atoms with Gasteiger partial charge < -0.3 is 4.90 Å². The number of rotatable bonds is 7. The second-order valence-corrected chi connectivity index (χ2v) is 10.1. The number of sulfonamides is 1. The second kappa shape index (κ2) is 9.03. The summed E-state index contributed by atoms with van der Waals surface area (Å²) in [5.74, 6) is 0.701. The van der Waals surface area contributed by atoms with Crippen molar-refractivity contribution in [1.29, 1.82) is 0 Å². The molecule has 3 aromatic rings. The Labute approximate surface area is 182 Å². The first-order valence-corrected chi connectivity index (χ1v) is 11.9. The Hall–Kier alpha value is -2.98. The molecule has 1 fully saturated rings. The summed E-state index contributed by atoms with van der Waals surface area (Å²) < 4.78 is 27.0. The molecule has 10 heteroatoms. The first-order valence-electron chi connectivity index (χ1n) is 10.3. The third-order valence-corrected chi connectivity index (χ3v) is 7.00. The number of anilines is 2. The van der Waals surface area contributed by atoms with E-state index in [9.17, 15) is 8.42 Å². The van der Waals surface area contributed by atoms with Crippen LogP contribution in [0.2, 0.25) is 0 Å². The molecule has 4 rings (SSSR count). The van der Waals surface area contributed by atoms with Crippen molar-refractivity contribution in [2.24, 2.45) is 0 Å². The number of aromatic nitrogens is 4. The molecule has 0 saturated carbocycles. The van der Waals surface area contributed by atoms with Crippen LogP contribution in [-0.4, -0.2) is 64.7 Å². The average Bonchev–Trinajstić information content (AvgIpc) is 3.23. The third kappa shape index (κ3) is 5.20. The van der Waals surface area contributed by atoms with Gasteiger partial charge in [-0.3, -0.25) is 9.62 Å². The number of benzene rings is 1. The zero-order valence-electron chi connectivity index (χ0n) is 17.7. The number of piperazine rings is 1. The predicted octanol–water partition coefficient (Wildman–Crippen LogP) is 2.13. The van der Waals surface area contributed by atoms with Gasteiger partial charge in [0.1, 0.15) is 0 Å². The molecule has 0 radical (unpaired) electrons. The highest BCUT2D eigenvalue weighted by molar-refractivity contribution is 7.93. The number of hydrogen-bond acceptors (Lipinski definition) is 7. The summed E-state index contributed by atoms with van der Waals surface area (Å²) in [5.41, 5.74) is 2.52. The molecule has 1 aromatic carbocycles. The Bertz CT molecular complexity index is 1110. The Kier molecular flexibility index (Phi) is 6.19. The van der Waals surface area contributed by atoms with Gasteiger partial charge in [-0.2, -0.15) is 10.2 Å². The fourth-order valence-corrected chi connectivity index (χ4v) is 4.08. The second-order valence-electron chi connectivity index (χ2n) is 7.82. The predicted molar refractivity (Wildman–Crippen MR) is 121 cm³/mol. The van der Waals surface area contributed by atoms with Crippen molar-refractivity contribution >= 4 is 21.4 Å². The van der Waals surface area contributed by atoms with Crippen molar-refractivity contribution < 1.29 is 8.42 Å². The van der Waals surface area contributed by atoms with Crippen molar-refractivity contribution in [3.05, 3.63) is 60.6 Å². The van der Waals surface area contributed by atoms with Crippen LogP contribution >= 0.6 is 0 Å². The highest BCUT2D eigenvalue weighted by atomic mass is 32.2. The SMILES string of the molecule is CC(C)S(=O)(=O)Nc1cccc(N2CCN(Cc3cnn(-c4ccccn4)n3)CC2)c1. The lowest BCUT2D eigenvalue weighted by Gasteiger charge is -2.35. The Morgan fingerprint density at radius 2 is 1.87 bits per heavy atom. The van der Waals surface area contributed by atoms with Crippen molar-refractivity contribution in [1.82, 2.24) is 24.9 Å². The minimum Gasteiger partial charge on any atom is -0.369 e. The number of pyridine rings is 1. The van der Waals surface area contributed by atoms with Crippen LogP contribution in [0.15, 0.2) is 54.9 Å². The van der Waals surface area contributed by atoms with Crippen LogP contribution in [0, 0.1) is 0 Å². The molecule has 1 N–H and O–H groups in total. The van der Waals surface area contributed by atoms with Crippen molar-refractivity contribution in [3.63, 3.8) is 0 Å². The van der Waals surface area contributed by atoms with Crippen molar-refractivity contribution in [2.75, 3.05) is 35.8 Å². The summed E-state index contributed by atoms with van der Waals surface area (Å²) in [5, 5.41) is 8.37. The number of hydrogen-bond donors (Lipinski definition) is 1. The molecule has 0 amide bonds. The molecule has 0 aliphatic carbocycles. The van der Waals surface area contributed by atoms with Gasteiger partial charge >= 0.3 is 0 Å². The van der Waals surface area contributed by atoms with Crippen LogP contribution in [0.25, 0.3) is 5.82 Å². The van der Waals surface area contributed by atoms with E-state index in [2.05, 4.69) is 29.7 Å². The standard InChI is InChI=1S/C21H27N7O2S/c1-17(2)31(29,30)25-18-6-5-7-20(14-18)27-12-10-26(11-13-27)16-19-15-23-28(24-19)21-8-3-4-9-22-21/h3-9,14-15,17,25H,10-13,16H2,1-2H3. The topological polar surface area (TPSA) is 96.2 Å². The summed E-state index contributed by atoms with van der Waals surface area (Å²) in [4.78, 5) is 10.4. The van der Waals surface area contributed by atoms with Crippen molar-refractivity contribution in [3.8, 4) is 5.82 Å². The average molecular weight is 442 g/mol. The summed E-state index contributed by atoms with van der Waals surface area (Å²) >= 11 is 0. The van der Waals surface area contributed by atoms with Crippen LogP contribution in [-0.2, 0) is 16.6 Å². The molecule has 0 spiro atoms. The van der Waals surface area contributed by atoms with Gasteiger partial charge in [0.2, 0.25) is 10.0 Å². The Balaban J connectivity index is 1.34. The van der Waals surface area contributed by atoms with Gasteiger partial charge in [-0.25, -0.2) is 13.4 Å². The van der Waals surface area contributed by atoms with Crippen LogP contribution in [0.3, 0.4) is 0 Å². The first-order chi connectivity index (χ1) is 14.9. The van der Waals surface area contributed by atoms with Gasteiger partial charge in [-0.1, -0.05) is 12.1 Å². The van der Waals surface area contributed by atoms with Gasteiger partial charge in [0.15, 0.2) is 5.82 Å². The summed E-state index contributed by atoms with van der Waals surface area (Å²) in [6, 6.07) is 13.2. The quantitative estimate of drug-likeness (QED) is 0.600. The monoisotopic (exact) mass is 441 g/mol. The van der Waals surface area contributed by atoms with Crippen molar-refractivity contribution in [2.45, 2.75) is 25.6 Å². The normalized spacial score (nSPS) is 15.4. The first kappa shape index (κ1) is 21.3. The van der Waals surface area contributed by atoms with E-state index in [1.54, 1.807) is 37.1 Å². The van der Waals surface area contributed by atoms with Crippen LogP contribution in [0.4, 0.5) is 11.4 Å². The molecule has 1 aliphatic rings. The van der Waals surface area contributed by atoms with E-state index in [0.717, 1.165) is 44.1 Å². The van der Waals surface area contributed by atoms with E-state index in [1.807, 2.05) is 36.4 Å². The zero-order chi connectivity index (χ0) is 21.8. The molecular formula is C21H27N7O2S. The minimum absolute atomic E-state index is 0.477. The maximum Gasteiger partial charge on any atom is 0.235 e. The molecular weight excluding hydrogens is 414 g/mol. The van der Waals surface area contributed by atoms with E-state index in [-0.39, 0.29) is 0 Å². The minimum atomic E-state index is -3.36. The number of nitrogens with one attached hydrogen (secondary N) is 1. The molecule has 1 saturated heterocycles. The van der Waals surface area contributed by atoms with E-state index in [4.69, 9.17) is 0 Å². The summed E-state index contributed by atoms with van der Waals surface area (Å²) in [6.07, 6.45) is 3.51. The molecule has 9 nitrogen and oxygen atoms in total. The fraction of sp³-hybridized carbons (Fsp3) is 0.381. The van der Waals surface area contributed by atoms with Crippen LogP contribution in [0.5, 0.6) is 0 Å². The van der Waals surface area contributed by atoms with Gasteiger partial charge in [0, 0.05) is 44.6 Å². The molecule has 2 aromatic heterocycles. The third-order valence-electron chi connectivity index (χ3n) is 5.24. The molecule has 31 heavy (non-hydrogen) atoms. The number of nitrogens with zero attached hydrogens (tertiary/aromatic N) is 6. The lowest BCUT2D eigenvalue weighted by molar-refractivity contribution is 0.246. The smallest absolute Gasteiger partial charge is 0.235 e.